The van der Waals surface area contributed by atoms with Crippen molar-refractivity contribution in [3.63, 3.8) is 0 Å². The fraction of sp³-hybridized carbons (Fsp3) is 1.00. The Balaban J connectivity index is 0.000000657. The minimum absolute atomic E-state index is 0.110. The average Bonchev–Trinajstić information content (AvgIpc) is 3.09. The SMILES string of the molecule is C1COCCN1.CC(C)(C)N1CCC(S(C)(=O)=O)CC1.CC(C)(C)N1CCCCC1.CC(C)(C)N1CCCCC1.CC(C)C.CN1CCN(C(C)(C)C)CC1. The van der Waals surface area contributed by atoms with E-state index in [2.05, 4.69) is 141 Å². The Bertz CT molecular complexity index is 984. The zero-order chi connectivity index (χ0) is 42.5. The zero-order valence-electron chi connectivity index (χ0n) is 40.1. The lowest BCUT2D eigenvalue weighted by atomic mass is 10.0. The van der Waals surface area contributed by atoms with Gasteiger partial charge < -0.3 is 15.0 Å². The number of ether oxygens (including phenoxy) is 1. The third-order valence-corrected chi connectivity index (χ3v) is 12.6. The minimum Gasteiger partial charge on any atom is -0.379 e. The molecular weight excluding hydrogens is 705 g/mol. The standard InChI is InChI=1S/C10H21NO2S.C9H20N2.2C9H19N.C4H9NO.C4H10/c1-10(2,3)11-7-5-9(6-8-11)14(4,12)13;1-9(2,3)11-7-5-10(4)6-8-11;2*1-9(2,3)10-7-5-4-6-8-10;1-3-6-4-2-5-1;1-4(2)3/h9H,5-8H2,1-4H3;5-8H2,1-4H3;2*4-8H2,1-3H3;5H,1-4H2;4H,1-3H3. The molecule has 5 heterocycles. The van der Waals surface area contributed by atoms with Crippen LogP contribution < -0.4 is 5.32 Å². The highest BCUT2D eigenvalue weighted by Crippen LogP contribution is 2.24. The van der Waals surface area contributed by atoms with Crippen LogP contribution in [0, 0.1) is 5.92 Å². The molecule has 0 bridgehead atoms. The lowest BCUT2D eigenvalue weighted by molar-refractivity contribution is 0.0735. The molecule has 0 radical (unpaired) electrons. The van der Waals surface area contributed by atoms with Gasteiger partial charge in [-0.3, -0.25) is 19.6 Å². The number of nitrogens with one attached hydrogen (secondary N) is 1. The molecule has 0 unspecified atom stereocenters. The number of hydrogen-bond acceptors (Lipinski definition) is 9. The number of piperidine rings is 3. The summed E-state index contributed by atoms with van der Waals surface area (Å²) < 4.78 is 27.7. The molecule has 0 atom stereocenters. The number of morpholine rings is 1. The van der Waals surface area contributed by atoms with E-state index in [1.807, 2.05) is 0 Å². The van der Waals surface area contributed by atoms with Crippen LogP contribution in [0.1, 0.15) is 155 Å². The number of sulfone groups is 1. The fourth-order valence-corrected chi connectivity index (χ4v) is 8.14. The molecular formula is C45H98N6O3S. The summed E-state index contributed by atoms with van der Waals surface area (Å²) in [5, 5.41) is 3.05. The first-order valence-electron chi connectivity index (χ1n) is 22.3. The highest BCUT2D eigenvalue weighted by atomic mass is 32.2. The van der Waals surface area contributed by atoms with Crippen LogP contribution in [0.2, 0.25) is 0 Å². The van der Waals surface area contributed by atoms with Crippen molar-refractivity contribution in [2.45, 2.75) is 183 Å². The third kappa shape index (κ3) is 27.9. The van der Waals surface area contributed by atoms with Crippen LogP contribution in [-0.2, 0) is 14.6 Å². The zero-order valence-corrected chi connectivity index (χ0v) is 40.9. The van der Waals surface area contributed by atoms with Crippen LogP contribution in [0.25, 0.3) is 0 Å². The Kier molecular flexibility index (Phi) is 26.5. The van der Waals surface area contributed by atoms with E-state index in [-0.39, 0.29) is 10.8 Å². The van der Waals surface area contributed by atoms with Gasteiger partial charge >= 0.3 is 0 Å². The van der Waals surface area contributed by atoms with Gasteiger partial charge in [0.15, 0.2) is 0 Å². The van der Waals surface area contributed by atoms with E-state index in [4.69, 9.17) is 4.74 Å². The van der Waals surface area contributed by atoms with E-state index in [0.29, 0.717) is 16.6 Å². The van der Waals surface area contributed by atoms with Crippen LogP contribution >= 0.6 is 0 Å². The second-order valence-electron chi connectivity index (χ2n) is 21.2. The number of likely N-dealkylation sites (N-methyl/N-ethyl adjacent to an activating group) is 1. The highest BCUT2D eigenvalue weighted by molar-refractivity contribution is 7.91. The summed E-state index contributed by atoms with van der Waals surface area (Å²) in [4.78, 5) is 12.5. The van der Waals surface area contributed by atoms with Crippen molar-refractivity contribution in [1.29, 1.82) is 0 Å². The van der Waals surface area contributed by atoms with Gasteiger partial charge in [0.2, 0.25) is 0 Å². The molecule has 55 heavy (non-hydrogen) atoms. The third-order valence-electron chi connectivity index (χ3n) is 10.9. The Morgan fingerprint density at radius 3 is 1.02 bits per heavy atom. The first-order chi connectivity index (χ1) is 25.2. The second kappa shape index (κ2) is 26.7. The maximum Gasteiger partial charge on any atom is 0.150 e. The van der Waals surface area contributed by atoms with Crippen molar-refractivity contribution in [2.75, 3.05) is 105 Å². The number of hydrogen-bond donors (Lipinski definition) is 1. The molecule has 5 fully saturated rings. The molecule has 0 spiro atoms. The molecule has 0 amide bonds. The van der Waals surface area contributed by atoms with E-state index in [0.717, 1.165) is 58.2 Å². The quantitative estimate of drug-likeness (QED) is 0.283. The Labute approximate surface area is 345 Å². The van der Waals surface area contributed by atoms with Gasteiger partial charge in [-0.05, 0) is 174 Å². The van der Waals surface area contributed by atoms with Gasteiger partial charge in [0.25, 0.3) is 0 Å². The smallest absolute Gasteiger partial charge is 0.150 e. The van der Waals surface area contributed by atoms with Gasteiger partial charge in [-0.25, -0.2) is 8.42 Å². The van der Waals surface area contributed by atoms with E-state index < -0.39 is 9.84 Å². The van der Waals surface area contributed by atoms with E-state index >= 15 is 0 Å². The first kappa shape index (κ1) is 54.7. The van der Waals surface area contributed by atoms with Crippen LogP contribution in [0.4, 0.5) is 0 Å². The van der Waals surface area contributed by atoms with Crippen LogP contribution in [0.3, 0.4) is 0 Å². The number of nitrogens with zero attached hydrogens (tertiary/aromatic N) is 5. The summed E-state index contributed by atoms with van der Waals surface area (Å²) in [7, 11) is -0.627. The molecule has 10 heteroatoms. The summed E-state index contributed by atoms with van der Waals surface area (Å²) in [6.07, 6.45) is 11.4. The number of likely N-dealkylation sites (tertiary alicyclic amines) is 3. The summed E-state index contributed by atoms with van der Waals surface area (Å²) >= 11 is 0. The maximum atomic E-state index is 11.3. The van der Waals surface area contributed by atoms with Crippen molar-refractivity contribution < 1.29 is 13.2 Å². The predicted octanol–water partition coefficient (Wildman–Crippen LogP) is 8.14. The topological polar surface area (TPSA) is 71.6 Å². The van der Waals surface area contributed by atoms with E-state index in [1.165, 1.54) is 97.1 Å². The van der Waals surface area contributed by atoms with Crippen molar-refractivity contribution in [3.05, 3.63) is 0 Å². The molecule has 0 aliphatic carbocycles. The lowest BCUT2D eigenvalue weighted by Gasteiger charge is -2.41. The van der Waals surface area contributed by atoms with Crippen LogP contribution in [0.15, 0.2) is 0 Å². The number of piperazine rings is 1. The van der Waals surface area contributed by atoms with E-state index in [1.54, 1.807) is 0 Å². The van der Waals surface area contributed by atoms with Crippen molar-refractivity contribution in [3.8, 4) is 0 Å². The average molecular weight is 803 g/mol. The molecule has 5 rings (SSSR count). The molecule has 5 aliphatic rings. The maximum absolute atomic E-state index is 11.3. The van der Waals surface area contributed by atoms with Gasteiger partial charge in [0.05, 0.1) is 18.5 Å². The van der Waals surface area contributed by atoms with Gasteiger partial charge in [0.1, 0.15) is 9.84 Å². The van der Waals surface area contributed by atoms with Gasteiger partial charge in [-0.1, -0.05) is 33.6 Å². The highest BCUT2D eigenvalue weighted by Gasteiger charge is 2.31. The Hall–Kier alpha value is -0.330. The predicted molar refractivity (Wildman–Crippen MR) is 243 cm³/mol. The van der Waals surface area contributed by atoms with Crippen molar-refractivity contribution >= 4 is 9.84 Å². The second-order valence-corrected chi connectivity index (χ2v) is 23.5. The Morgan fingerprint density at radius 2 is 0.800 bits per heavy atom. The summed E-state index contributed by atoms with van der Waals surface area (Å²) in [6, 6.07) is 0. The van der Waals surface area contributed by atoms with E-state index in [9.17, 15) is 8.42 Å². The molecule has 1 N–H and O–H groups in total. The van der Waals surface area contributed by atoms with Crippen LogP contribution in [0.5, 0.6) is 0 Å². The van der Waals surface area contributed by atoms with Gasteiger partial charge in [-0.15, -0.1) is 0 Å². The van der Waals surface area contributed by atoms with Gasteiger partial charge in [-0.2, -0.15) is 0 Å². The minimum atomic E-state index is -2.82. The summed E-state index contributed by atoms with van der Waals surface area (Å²) in [5.41, 5.74) is 1.34. The molecule has 5 saturated heterocycles. The fourth-order valence-electron chi connectivity index (χ4n) is 7.08. The molecule has 9 nitrogen and oxygen atoms in total. The Morgan fingerprint density at radius 1 is 0.509 bits per heavy atom. The molecule has 5 aliphatic heterocycles. The first-order valence-corrected chi connectivity index (χ1v) is 24.3. The number of rotatable bonds is 1. The van der Waals surface area contributed by atoms with Crippen LogP contribution in [-0.4, -0.2) is 165 Å². The summed E-state index contributed by atoms with van der Waals surface area (Å²) in [5.74, 6) is 0.833. The largest absolute Gasteiger partial charge is 0.379 e. The lowest BCUT2D eigenvalue weighted by Crippen LogP contribution is -2.52. The molecule has 332 valence electrons. The molecule has 0 aromatic heterocycles. The summed E-state index contributed by atoms with van der Waals surface area (Å²) in [6.45, 7) is 49.5. The normalized spacial score (nSPS) is 22.2. The molecule has 0 aromatic carbocycles. The van der Waals surface area contributed by atoms with Crippen molar-refractivity contribution in [1.82, 2.24) is 29.8 Å². The molecule has 0 aromatic rings. The van der Waals surface area contributed by atoms with Gasteiger partial charge in [0, 0.05) is 67.7 Å². The van der Waals surface area contributed by atoms with Crippen molar-refractivity contribution in [2.24, 2.45) is 5.92 Å². The molecule has 0 saturated carbocycles. The monoisotopic (exact) mass is 803 g/mol.